The number of hydrogen-bond donors (Lipinski definition) is 0. The van der Waals surface area contributed by atoms with E-state index in [0.29, 0.717) is 11.8 Å². The lowest BCUT2D eigenvalue weighted by molar-refractivity contribution is 0.282. The maximum absolute atomic E-state index is 8.55. The molecule has 4 heteroatoms. The van der Waals surface area contributed by atoms with Crippen LogP contribution < -0.4 is 0 Å². The smallest absolute Gasteiger partial charge is 0.0544 e. The van der Waals surface area contributed by atoms with Gasteiger partial charge in [-0.3, -0.25) is 0 Å². The molecular formula is C11H20N4. The standard InChI is InChI=1S/C11H20N4/c1-8(2)5-15-6-10(9-3-4-9)11(7-15)13-14-12/h8-11H,3-7H2,1-2H3. The van der Waals surface area contributed by atoms with Crippen LogP contribution in [0.1, 0.15) is 26.7 Å². The highest BCUT2D eigenvalue weighted by atomic mass is 15.2. The van der Waals surface area contributed by atoms with Crippen molar-refractivity contribution in [3.8, 4) is 0 Å². The van der Waals surface area contributed by atoms with Gasteiger partial charge in [0.05, 0.1) is 6.04 Å². The van der Waals surface area contributed by atoms with Crippen molar-refractivity contribution >= 4 is 0 Å². The predicted molar refractivity (Wildman–Crippen MR) is 60.4 cm³/mol. The highest BCUT2D eigenvalue weighted by molar-refractivity contribution is 4.97. The zero-order valence-corrected chi connectivity index (χ0v) is 9.63. The van der Waals surface area contributed by atoms with E-state index in [1.807, 2.05) is 0 Å². The van der Waals surface area contributed by atoms with E-state index in [9.17, 15) is 0 Å². The molecule has 0 bridgehead atoms. The van der Waals surface area contributed by atoms with Gasteiger partial charge < -0.3 is 4.90 Å². The quantitative estimate of drug-likeness (QED) is 0.398. The van der Waals surface area contributed by atoms with Crippen molar-refractivity contribution in [1.82, 2.24) is 4.90 Å². The Morgan fingerprint density at radius 2 is 2.13 bits per heavy atom. The Morgan fingerprint density at radius 1 is 1.40 bits per heavy atom. The SMILES string of the molecule is CC(C)CN1CC(N=[N+]=[N-])C(C2CC2)C1. The van der Waals surface area contributed by atoms with Gasteiger partial charge in [-0.05, 0) is 36.1 Å². The maximum Gasteiger partial charge on any atom is 0.0544 e. The van der Waals surface area contributed by atoms with Gasteiger partial charge in [-0.15, -0.1) is 0 Å². The summed E-state index contributed by atoms with van der Waals surface area (Å²) >= 11 is 0. The molecular weight excluding hydrogens is 188 g/mol. The molecule has 0 aromatic rings. The van der Waals surface area contributed by atoms with Crippen LogP contribution in [0.5, 0.6) is 0 Å². The lowest BCUT2D eigenvalue weighted by Crippen LogP contribution is -2.25. The van der Waals surface area contributed by atoms with E-state index in [2.05, 4.69) is 28.8 Å². The molecule has 2 aliphatic rings. The van der Waals surface area contributed by atoms with E-state index in [0.717, 1.165) is 25.6 Å². The molecule has 0 amide bonds. The number of likely N-dealkylation sites (tertiary alicyclic amines) is 1. The summed E-state index contributed by atoms with van der Waals surface area (Å²) in [5.41, 5.74) is 8.55. The summed E-state index contributed by atoms with van der Waals surface area (Å²) < 4.78 is 0. The molecule has 1 saturated carbocycles. The molecule has 0 radical (unpaired) electrons. The van der Waals surface area contributed by atoms with Crippen molar-refractivity contribution in [1.29, 1.82) is 0 Å². The molecule has 15 heavy (non-hydrogen) atoms. The second-order valence-electron chi connectivity index (χ2n) is 5.39. The van der Waals surface area contributed by atoms with Gasteiger partial charge in [0, 0.05) is 24.5 Å². The molecule has 1 heterocycles. The molecule has 84 valence electrons. The molecule has 2 rings (SSSR count). The number of hydrogen-bond acceptors (Lipinski definition) is 2. The summed E-state index contributed by atoms with van der Waals surface area (Å²) in [5.74, 6) is 2.19. The average molecular weight is 208 g/mol. The summed E-state index contributed by atoms with van der Waals surface area (Å²) in [7, 11) is 0. The van der Waals surface area contributed by atoms with Crippen molar-refractivity contribution in [2.75, 3.05) is 19.6 Å². The molecule has 2 fully saturated rings. The van der Waals surface area contributed by atoms with Crippen molar-refractivity contribution in [2.24, 2.45) is 22.9 Å². The predicted octanol–water partition coefficient (Wildman–Crippen LogP) is 2.66. The summed E-state index contributed by atoms with van der Waals surface area (Å²) in [6, 6.07) is 0.237. The lowest BCUT2D eigenvalue weighted by Gasteiger charge is -2.17. The van der Waals surface area contributed by atoms with Crippen LogP contribution >= 0.6 is 0 Å². The third-order valence-electron chi connectivity index (χ3n) is 3.46. The molecule has 1 saturated heterocycles. The van der Waals surface area contributed by atoms with E-state index in [-0.39, 0.29) is 6.04 Å². The highest BCUT2D eigenvalue weighted by Crippen LogP contribution is 2.42. The topological polar surface area (TPSA) is 52.0 Å². The first-order valence-electron chi connectivity index (χ1n) is 5.97. The summed E-state index contributed by atoms with van der Waals surface area (Å²) in [4.78, 5) is 5.46. The Bertz CT molecular complexity index is 266. The Balaban J connectivity index is 1.95. The second-order valence-corrected chi connectivity index (χ2v) is 5.39. The van der Waals surface area contributed by atoms with E-state index < -0.39 is 0 Å². The minimum Gasteiger partial charge on any atom is -0.302 e. The average Bonchev–Trinajstić information content (AvgIpc) is 2.91. The van der Waals surface area contributed by atoms with Gasteiger partial charge in [0.15, 0.2) is 0 Å². The third kappa shape index (κ3) is 2.64. The van der Waals surface area contributed by atoms with Gasteiger partial charge in [-0.2, -0.15) is 0 Å². The molecule has 1 aliphatic carbocycles. The van der Waals surface area contributed by atoms with E-state index in [1.54, 1.807) is 0 Å². The van der Waals surface area contributed by atoms with Gasteiger partial charge in [-0.25, -0.2) is 0 Å². The molecule has 0 spiro atoms. The van der Waals surface area contributed by atoms with Crippen LogP contribution in [0.15, 0.2) is 5.11 Å². The Labute approximate surface area is 91.3 Å². The molecule has 0 aromatic heterocycles. The van der Waals surface area contributed by atoms with Crippen LogP contribution in [0.4, 0.5) is 0 Å². The van der Waals surface area contributed by atoms with E-state index in [1.165, 1.54) is 12.8 Å². The van der Waals surface area contributed by atoms with Gasteiger partial charge in [-0.1, -0.05) is 19.0 Å². The maximum atomic E-state index is 8.55. The molecule has 2 unspecified atom stereocenters. The van der Waals surface area contributed by atoms with Crippen LogP contribution in [0, 0.1) is 17.8 Å². The zero-order valence-electron chi connectivity index (χ0n) is 9.63. The second kappa shape index (κ2) is 4.42. The number of rotatable bonds is 4. The Kier molecular flexibility index (Phi) is 3.17. The van der Waals surface area contributed by atoms with Crippen LogP contribution in [0.3, 0.4) is 0 Å². The van der Waals surface area contributed by atoms with Crippen molar-refractivity contribution in [3.05, 3.63) is 10.4 Å². The van der Waals surface area contributed by atoms with Crippen LogP contribution in [-0.2, 0) is 0 Å². The van der Waals surface area contributed by atoms with E-state index in [4.69, 9.17) is 5.53 Å². The first kappa shape index (κ1) is 10.8. The summed E-state index contributed by atoms with van der Waals surface area (Å²) in [5, 5.41) is 3.96. The first-order valence-corrected chi connectivity index (χ1v) is 5.97. The van der Waals surface area contributed by atoms with Crippen LogP contribution in [-0.4, -0.2) is 30.6 Å². The Hall–Kier alpha value is -0.730. The van der Waals surface area contributed by atoms with Crippen molar-refractivity contribution in [2.45, 2.75) is 32.7 Å². The van der Waals surface area contributed by atoms with Crippen molar-refractivity contribution in [3.63, 3.8) is 0 Å². The normalized spacial score (nSPS) is 31.9. The molecule has 0 aromatic carbocycles. The molecule has 4 nitrogen and oxygen atoms in total. The number of azide groups is 1. The molecule has 1 aliphatic heterocycles. The van der Waals surface area contributed by atoms with Crippen molar-refractivity contribution < 1.29 is 0 Å². The summed E-state index contributed by atoms with van der Waals surface area (Å²) in [6.07, 6.45) is 2.69. The molecule has 2 atom stereocenters. The Morgan fingerprint density at radius 3 is 2.67 bits per heavy atom. The van der Waals surface area contributed by atoms with Gasteiger partial charge >= 0.3 is 0 Å². The minimum atomic E-state index is 0.237. The highest BCUT2D eigenvalue weighted by Gasteiger charge is 2.41. The fourth-order valence-electron chi connectivity index (χ4n) is 2.74. The van der Waals surface area contributed by atoms with Gasteiger partial charge in [0.2, 0.25) is 0 Å². The third-order valence-corrected chi connectivity index (χ3v) is 3.46. The fourth-order valence-corrected chi connectivity index (χ4v) is 2.74. The number of nitrogens with zero attached hydrogens (tertiary/aromatic N) is 4. The van der Waals surface area contributed by atoms with Gasteiger partial charge in [0.1, 0.15) is 0 Å². The van der Waals surface area contributed by atoms with E-state index >= 15 is 0 Å². The summed E-state index contributed by atoms with van der Waals surface area (Å²) in [6.45, 7) is 7.75. The monoisotopic (exact) mass is 208 g/mol. The largest absolute Gasteiger partial charge is 0.302 e. The minimum absolute atomic E-state index is 0.237. The zero-order chi connectivity index (χ0) is 10.8. The lowest BCUT2D eigenvalue weighted by atomic mass is 9.99. The van der Waals surface area contributed by atoms with Crippen LogP contribution in [0.2, 0.25) is 0 Å². The van der Waals surface area contributed by atoms with Gasteiger partial charge in [0.25, 0.3) is 0 Å². The van der Waals surface area contributed by atoms with Crippen LogP contribution in [0.25, 0.3) is 10.4 Å². The molecule has 0 N–H and O–H groups in total. The first-order chi connectivity index (χ1) is 7.20. The fraction of sp³-hybridized carbons (Fsp3) is 1.00.